The molecule has 4 nitrogen and oxygen atoms in total. The van der Waals surface area contributed by atoms with Gasteiger partial charge in [0.15, 0.2) is 0 Å². The Morgan fingerprint density at radius 1 is 1.13 bits per heavy atom. The van der Waals surface area contributed by atoms with E-state index in [9.17, 15) is 4.79 Å². The van der Waals surface area contributed by atoms with E-state index in [1.54, 1.807) is 0 Å². The highest BCUT2D eigenvalue weighted by Crippen LogP contribution is 2.20. The fraction of sp³-hybridized carbons (Fsp3) is 0.278. The van der Waals surface area contributed by atoms with Gasteiger partial charge in [-0.3, -0.25) is 4.79 Å². The van der Waals surface area contributed by atoms with E-state index >= 15 is 0 Å². The predicted molar refractivity (Wildman–Crippen MR) is 101 cm³/mol. The highest BCUT2D eigenvalue weighted by molar-refractivity contribution is 9.10. The van der Waals surface area contributed by atoms with Gasteiger partial charge in [0, 0.05) is 48.6 Å². The average Bonchev–Trinajstić information content (AvgIpc) is 2.50. The number of anilines is 3. The molecule has 0 spiro atoms. The Morgan fingerprint density at radius 2 is 1.83 bits per heavy atom. The summed E-state index contributed by atoms with van der Waals surface area (Å²) < 4.78 is 1.01. The van der Waals surface area contributed by atoms with Crippen LogP contribution in [0.2, 0.25) is 0 Å². The lowest BCUT2D eigenvalue weighted by Crippen LogP contribution is -2.16. The van der Waals surface area contributed by atoms with Gasteiger partial charge in [-0.15, -0.1) is 0 Å². The van der Waals surface area contributed by atoms with Gasteiger partial charge in [0.05, 0.1) is 0 Å². The van der Waals surface area contributed by atoms with Crippen molar-refractivity contribution in [1.29, 1.82) is 0 Å². The molecule has 0 atom stereocenters. The zero-order chi connectivity index (χ0) is 16.8. The number of benzene rings is 2. The standard InChI is InChI=1S/C18H22BrN3O/c1-13-12-14(19)4-9-17(13)21-18(23)10-11-20-15-5-7-16(8-6-15)22(2)3/h4-9,12,20H,10-11H2,1-3H3,(H,21,23). The minimum Gasteiger partial charge on any atom is -0.385 e. The van der Waals surface area contributed by atoms with E-state index in [1.807, 2.05) is 63.5 Å². The molecular weight excluding hydrogens is 354 g/mol. The van der Waals surface area contributed by atoms with Crippen LogP contribution >= 0.6 is 15.9 Å². The van der Waals surface area contributed by atoms with Crippen molar-refractivity contribution in [1.82, 2.24) is 0 Å². The molecule has 0 unspecified atom stereocenters. The first kappa shape index (κ1) is 17.3. The lowest BCUT2D eigenvalue weighted by molar-refractivity contribution is -0.115. The van der Waals surface area contributed by atoms with Crippen LogP contribution in [0.3, 0.4) is 0 Å². The second-order valence-electron chi connectivity index (χ2n) is 5.63. The minimum atomic E-state index is 0.00725. The first-order valence-corrected chi connectivity index (χ1v) is 8.32. The summed E-state index contributed by atoms with van der Waals surface area (Å²) in [5.74, 6) is 0.00725. The summed E-state index contributed by atoms with van der Waals surface area (Å²) in [6.45, 7) is 2.58. The third-order valence-electron chi connectivity index (χ3n) is 3.53. The summed E-state index contributed by atoms with van der Waals surface area (Å²) in [6, 6.07) is 14.0. The molecule has 0 saturated heterocycles. The molecule has 0 heterocycles. The van der Waals surface area contributed by atoms with Gasteiger partial charge in [-0.05, 0) is 55.0 Å². The third kappa shape index (κ3) is 5.28. The van der Waals surface area contributed by atoms with E-state index < -0.39 is 0 Å². The Hall–Kier alpha value is -2.01. The lowest BCUT2D eigenvalue weighted by Gasteiger charge is -2.13. The minimum absolute atomic E-state index is 0.00725. The SMILES string of the molecule is Cc1cc(Br)ccc1NC(=O)CCNc1ccc(N(C)C)cc1. The molecule has 122 valence electrons. The van der Waals surface area contributed by atoms with Crippen molar-refractivity contribution < 1.29 is 4.79 Å². The van der Waals surface area contributed by atoms with Gasteiger partial charge in [-0.1, -0.05) is 15.9 Å². The topological polar surface area (TPSA) is 44.4 Å². The van der Waals surface area contributed by atoms with Gasteiger partial charge < -0.3 is 15.5 Å². The maximum Gasteiger partial charge on any atom is 0.226 e. The summed E-state index contributed by atoms with van der Waals surface area (Å²) in [7, 11) is 4.02. The zero-order valence-corrected chi connectivity index (χ0v) is 15.3. The van der Waals surface area contributed by atoms with Crippen molar-refractivity contribution in [3.8, 4) is 0 Å². The Balaban J connectivity index is 1.80. The number of carbonyl (C=O) groups is 1. The summed E-state index contributed by atoms with van der Waals surface area (Å²) >= 11 is 3.42. The summed E-state index contributed by atoms with van der Waals surface area (Å²) in [5.41, 5.74) is 4.07. The van der Waals surface area contributed by atoms with Crippen LogP contribution in [0.1, 0.15) is 12.0 Å². The summed E-state index contributed by atoms with van der Waals surface area (Å²) in [6.07, 6.45) is 0.422. The molecule has 0 aromatic heterocycles. The second kappa shape index (κ2) is 8.02. The van der Waals surface area contributed by atoms with Gasteiger partial charge in [0.2, 0.25) is 5.91 Å². The molecule has 2 rings (SSSR count). The van der Waals surface area contributed by atoms with Crippen LogP contribution in [0.15, 0.2) is 46.9 Å². The maximum absolute atomic E-state index is 12.0. The molecule has 0 fully saturated rings. The van der Waals surface area contributed by atoms with Gasteiger partial charge in [-0.25, -0.2) is 0 Å². The maximum atomic E-state index is 12.0. The fourth-order valence-corrected chi connectivity index (χ4v) is 2.65. The monoisotopic (exact) mass is 375 g/mol. The number of hydrogen-bond acceptors (Lipinski definition) is 3. The number of hydrogen-bond donors (Lipinski definition) is 2. The first-order valence-electron chi connectivity index (χ1n) is 7.53. The largest absolute Gasteiger partial charge is 0.385 e. The number of carbonyl (C=O) groups excluding carboxylic acids is 1. The van der Waals surface area contributed by atoms with Gasteiger partial charge in [0.25, 0.3) is 0 Å². The van der Waals surface area contributed by atoms with Crippen LogP contribution in [-0.2, 0) is 4.79 Å². The Morgan fingerprint density at radius 3 is 2.43 bits per heavy atom. The highest BCUT2D eigenvalue weighted by atomic mass is 79.9. The Bertz CT molecular complexity index is 668. The smallest absolute Gasteiger partial charge is 0.226 e. The zero-order valence-electron chi connectivity index (χ0n) is 13.7. The van der Waals surface area contributed by atoms with E-state index in [-0.39, 0.29) is 5.91 Å². The molecule has 5 heteroatoms. The molecule has 0 aliphatic heterocycles. The summed E-state index contributed by atoms with van der Waals surface area (Å²) in [4.78, 5) is 14.1. The van der Waals surface area contributed by atoms with Crippen LogP contribution in [0, 0.1) is 6.92 Å². The van der Waals surface area contributed by atoms with E-state index in [2.05, 4.69) is 31.5 Å². The number of halogens is 1. The van der Waals surface area contributed by atoms with Crippen molar-refractivity contribution in [2.75, 3.05) is 36.2 Å². The van der Waals surface area contributed by atoms with E-state index in [4.69, 9.17) is 0 Å². The van der Waals surface area contributed by atoms with E-state index in [1.165, 1.54) is 0 Å². The van der Waals surface area contributed by atoms with E-state index in [0.717, 1.165) is 27.1 Å². The van der Waals surface area contributed by atoms with Crippen molar-refractivity contribution in [3.63, 3.8) is 0 Å². The van der Waals surface area contributed by atoms with Gasteiger partial charge in [0.1, 0.15) is 0 Å². The third-order valence-corrected chi connectivity index (χ3v) is 4.02. The van der Waals surface area contributed by atoms with E-state index in [0.29, 0.717) is 13.0 Å². The van der Waals surface area contributed by atoms with Gasteiger partial charge in [-0.2, -0.15) is 0 Å². The fourth-order valence-electron chi connectivity index (χ4n) is 2.18. The van der Waals surface area contributed by atoms with Crippen LogP contribution in [0.25, 0.3) is 0 Å². The molecule has 2 N–H and O–H groups in total. The second-order valence-corrected chi connectivity index (χ2v) is 6.54. The molecule has 2 aromatic rings. The van der Waals surface area contributed by atoms with Gasteiger partial charge >= 0.3 is 0 Å². The molecule has 23 heavy (non-hydrogen) atoms. The Kier molecular flexibility index (Phi) is 6.04. The van der Waals surface area contributed by atoms with Crippen LogP contribution in [-0.4, -0.2) is 26.5 Å². The normalized spacial score (nSPS) is 10.3. The van der Waals surface area contributed by atoms with Crippen LogP contribution < -0.4 is 15.5 Å². The predicted octanol–water partition coefficient (Wildman–Crippen LogP) is 4.26. The van der Waals surface area contributed by atoms with Crippen molar-refractivity contribution >= 4 is 38.9 Å². The number of rotatable bonds is 6. The Labute approximate surface area is 146 Å². The number of amides is 1. The molecule has 0 saturated carbocycles. The quantitative estimate of drug-likeness (QED) is 0.792. The molecular formula is C18H22BrN3O. The first-order chi connectivity index (χ1) is 11.0. The number of nitrogens with zero attached hydrogens (tertiary/aromatic N) is 1. The molecule has 0 radical (unpaired) electrons. The average molecular weight is 376 g/mol. The highest BCUT2D eigenvalue weighted by Gasteiger charge is 2.05. The van der Waals surface area contributed by atoms with Crippen LogP contribution in [0.4, 0.5) is 17.1 Å². The number of nitrogens with one attached hydrogen (secondary N) is 2. The van der Waals surface area contributed by atoms with Crippen molar-refractivity contribution in [2.45, 2.75) is 13.3 Å². The molecule has 1 amide bonds. The van der Waals surface area contributed by atoms with Crippen molar-refractivity contribution in [2.24, 2.45) is 0 Å². The van der Waals surface area contributed by atoms with Crippen molar-refractivity contribution in [3.05, 3.63) is 52.5 Å². The molecule has 0 aliphatic carbocycles. The number of aryl methyl sites for hydroxylation is 1. The molecule has 0 bridgehead atoms. The molecule has 0 aliphatic rings. The van der Waals surface area contributed by atoms with Crippen LogP contribution in [0.5, 0.6) is 0 Å². The lowest BCUT2D eigenvalue weighted by atomic mass is 10.2. The molecule has 2 aromatic carbocycles. The summed E-state index contributed by atoms with van der Waals surface area (Å²) in [5, 5.41) is 6.21.